The van der Waals surface area contributed by atoms with Crippen molar-refractivity contribution in [1.29, 1.82) is 0 Å². The van der Waals surface area contributed by atoms with Crippen LogP contribution >= 0.6 is 15.9 Å². The van der Waals surface area contributed by atoms with Crippen molar-refractivity contribution in [2.24, 2.45) is 0 Å². The summed E-state index contributed by atoms with van der Waals surface area (Å²) in [6.07, 6.45) is 1.82. The van der Waals surface area contributed by atoms with Crippen molar-refractivity contribution in [1.82, 2.24) is 5.32 Å². The fourth-order valence-corrected chi connectivity index (χ4v) is 2.95. The summed E-state index contributed by atoms with van der Waals surface area (Å²) in [7, 11) is 0. The molecule has 2 nitrogen and oxygen atoms in total. The lowest BCUT2D eigenvalue weighted by Gasteiger charge is -2.24. The molecule has 2 aromatic carbocycles. The second-order valence-corrected chi connectivity index (χ2v) is 6.17. The zero-order valence-electron chi connectivity index (χ0n) is 12.3. The molecule has 112 valence electrons. The van der Waals surface area contributed by atoms with Crippen molar-refractivity contribution in [2.75, 3.05) is 6.61 Å². The van der Waals surface area contributed by atoms with Gasteiger partial charge in [-0.25, -0.2) is 0 Å². The van der Waals surface area contributed by atoms with E-state index in [1.54, 1.807) is 0 Å². The number of aliphatic hydroxyl groups excluding tert-OH is 1. The van der Waals surface area contributed by atoms with Crippen molar-refractivity contribution < 1.29 is 5.11 Å². The summed E-state index contributed by atoms with van der Waals surface area (Å²) in [6.45, 7) is 2.30. The fraction of sp³-hybridized carbons (Fsp3) is 0.333. The molecule has 0 fully saturated rings. The Labute approximate surface area is 135 Å². The third kappa shape index (κ3) is 4.95. The van der Waals surface area contributed by atoms with Crippen LogP contribution < -0.4 is 5.32 Å². The molecule has 2 rings (SSSR count). The highest BCUT2D eigenvalue weighted by molar-refractivity contribution is 9.10. The van der Waals surface area contributed by atoms with Crippen LogP contribution in [-0.2, 0) is 6.42 Å². The summed E-state index contributed by atoms with van der Waals surface area (Å²) in [5, 5.41) is 13.2. The number of hydrogen-bond acceptors (Lipinski definition) is 2. The summed E-state index contributed by atoms with van der Waals surface area (Å²) in [6, 6.07) is 19.0. The van der Waals surface area contributed by atoms with Crippen molar-refractivity contribution >= 4 is 15.9 Å². The summed E-state index contributed by atoms with van der Waals surface area (Å²) < 4.78 is 1.09. The molecular formula is C18H22BrNO. The van der Waals surface area contributed by atoms with Gasteiger partial charge in [0.2, 0.25) is 0 Å². The van der Waals surface area contributed by atoms with Gasteiger partial charge >= 0.3 is 0 Å². The van der Waals surface area contributed by atoms with E-state index in [1.807, 2.05) is 24.3 Å². The van der Waals surface area contributed by atoms with E-state index >= 15 is 0 Å². The lowest BCUT2D eigenvalue weighted by atomic mass is 10.0. The Kier molecular flexibility index (Phi) is 6.43. The minimum atomic E-state index is 0.0660. The Morgan fingerprint density at radius 2 is 1.86 bits per heavy atom. The Balaban J connectivity index is 2.05. The quantitative estimate of drug-likeness (QED) is 0.790. The van der Waals surface area contributed by atoms with Crippen LogP contribution in [0.2, 0.25) is 0 Å². The monoisotopic (exact) mass is 347 g/mol. The summed E-state index contributed by atoms with van der Waals surface area (Å²) in [5.74, 6) is 0. The van der Waals surface area contributed by atoms with E-state index in [2.05, 4.69) is 58.5 Å². The molecule has 0 aliphatic heterocycles. The van der Waals surface area contributed by atoms with Crippen molar-refractivity contribution in [2.45, 2.75) is 31.8 Å². The van der Waals surface area contributed by atoms with E-state index in [9.17, 15) is 5.11 Å². The molecule has 0 aromatic heterocycles. The lowest BCUT2D eigenvalue weighted by Crippen LogP contribution is -2.37. The predicted molar refractivity (Wildman–Crippen MR) is 91.3 cm³/mol. The number of benzene rings is 2. The highest BCUT2D eigenvalue weighted by Gasteiger charge is 2.15. The van der Waals surface area contributed by atoms with E-state index in [0.29, 0.717) is 0 Å². The number of rotatable bonds is 7. The van der Waals surface area contributed by atoms with Crippen LogP contribution in [0.15, 0.2) is 59.1 Å². The van der Waals surface area contributed by atoms with Gasteiger partial charge in [0.1, 0.15) is 0 Å². The average molecular weight is 348 g/mol. The fourth-order valence-electron chi connectivity index (χ4n) is 2.53. The molecule has 3 heteroatoms. The third-order valence-electron chi connectivity index (χ3n) is 3.64. The van der Waals surface area contributed by atoms with Gasteiger partial charge in [0.05, 0.1) is 6.61 Å². The van der Waals surface area contributed by atoms with E-state index in [1.165, 1.54) is 11.1 Å². The largest absolute Gasteiger partial charge is 0.395 e. The Hall–Kier alpha value is -1.16. The summed E-state index contributed by atoms with van der Waals surface area (Å²) in [4.78, 5) is 0. The van der Waals surface area contributed by atoms with Crippen LogP contribution in [0.1, 0.15) is 30.5 Å². The summed E-state index contributed by atoms with van der Waals surface area (Å²) >= 11 is 3.52. The van der Waals surface area contributed by atoms with E-state index in [-0.39, 0.29) is 18.7 Å². The molecule has 0 saturated carbocycles. The molecule has 0 aliphatic carbocycles. The van der Waals surface area contributed by atoms with Crippen molar-refractivity contribution in [3.05, 3.63) is 70.2 Å². The van der Waals surface area contributed by atoms with Gasteiger partial charge in [-0.2, -0.15) is 0 Å². The maximum Gasteiger partial charge on any atom is 0.0588 e. The van der Waals surface area contributed by atoms with Gasteiger partial charge in [-0.1, -0.05) is 65.3 Å². The van der Waals surface area contributed by atoms with Crippen molar-refractivity contribution in [3.63, 3.8) is 0 Å². The molecule has 0 radical (unpaired) electrons. The predicted octanol–water partition coefficient (Wildman–Crippen LogP) is 4.09. The van der Waals surface area contributed by atoms with Gasteiger partial charge < -0.3 is 10.4 Å². The molecule has 0 amide bonds. The molecule has 0 aliphatic rings. The van der Waals surface area contributed by atoms with Gasteiger partial charge in [0, 0.05) is 16.6 Å². The normalized spacial score (nSPS) is 13.9. The molecule has 1 unspecified atom stereocenters. The maximum absolute atomic E-state index is 9.66. The smallest absolute Gasteiger partial charge is 0.0588 e. The van der Waals surface area contributed by atoms with Gasteiger partial charge in [-0.3, -0.25) is 0 Å². The van der Waals surface area contributed by atoms with Crippen LogP contribution in [-0.4, -0.2) is 17.8 Å². The number of hydrogen-bond donors (Lipinski definition) is 2. The van der Waals surface area contributed by atoms with Crippen LogP contribution in [0.5, 0.6) is 0 Å². The topological polar surface area (TPSA) is 32.3 Å². The molecule has 2 N–H and O–H groups in total. The first-order valence-electron chi connectivity index (χ1n) is 7.39. The molecule has 21 heavy (non-hydrogen) atoms. The first-order chi connectivity index (χ1) is 10.2. The van der Waals surface area contributed by atoms with E-state index in [0.717, 1.165) is 17.3 Å². The molecular weight excluding hydrogens is 326 g/mol. The second kappa shape index (κ2) is 8.32. The standard InChI is InChI=1S/C18H22BrNO/c1-2-18(15-9-6-10-16(19)12-15)20-17(13-21)11-14-7-4-3-5-8-14/h3-10,12,17-18,20-21H,2,11,13H2,1H3/t17-,18?/m0/s1. The van der Waals surface area contributed by atoms with Crippen LogP contribution in [0.25, 0.3) is 0 Å². The summed E-state index contributed by atoms with van der Waals surface area (Å²) in [5.41, 5.74) is 2.49. The average Bonchev–Trinajstić information content (AvgIpc) is 2.52. The van der Waals surface area contributed by atoms with Gasteiger partial charge in [0.15, 0.2) is 0 Å². The van der Waals surface area contributed by atoms with Gasteiger partial charge in [0.25, 0.3) is 0 Å². The highest BCUT2D eigenvalue weighted by Crippen LogP contribution is 2.21. The van der Waals surface area contributed by atoms with Crippen molar-refractivity contribution in [3.8, 4) is 0 Å². The molecule has 2 atom stereocenters. The van der Waals surface area contributed by atoms with Gasteiger partial charge in [-0.05, 0) is 36.1 Å². The highest BCUT2D eigenvalue weighted by atomic mass is 79.9. The molecule has 0 saturated heterocycles. The first-order valence-corrected chi connectivity index (χ1v) is 8.18. The Morgan fingerprint density at radius 3 is 2.48 bits per heavy atom. The van der Waals surface area contributed by atoms with Crippen LogP contribution in [0.4, 0.5) is 0 Å². The van der Waals surface area contributed by atoms with Crippen LogP contribution in [0.3, 0.4) is 0 Å². The second-order valence-electron chi connectivity index (χ2n) is 5.25. The number of nitrogens with one attached hydrogen (secondary N) is 1. The zero-order chi connectivity index (χ0) is 15.1. The Morgan fingerprint density at radius 1 is 1.10 bits per heavy atom. The number of aliphatic hydroxyl groups is 1. The molecule has 0 bridgehead atoms. The zero-order valence-corrected chi connectivity index (χ0v) is 13.9. The lowest BCUT2D eigenvalue weighted by molar-refractivity contribution is 0.229. The van der Waals surface area contributed by atoms with E-state index in [4.69, 9.17) is 0 Å². The van der Waals surface area contributed by atoms with E-state index < -0.39 is 0 Å². The molecule has 0 spiro atoms. The SMILES string of the molecule is CCC(N[C@H](CO)Cc1ccccc1)c1cccc(Br)c1. The molecule has 0 heterocycles. The minimum Gasteiger partial charge on any atom is -0.395 e. The van der Waals surface area contributed by atoms with Gasteiger partial charge in [-0.15, -0.1) is 0 Å². The maximum atomic E-state index is 9.66. The molecule has 2 aromatic rings. The van der Waals surface area contributed by atoms with Crippen LogP contribution in [0, 0.1) is 0 Å². The first kappa shape index (κ1) is 16.2. The third-order valence-corrected chi connectivity index (χ3v) is 4.13. The minimum absolute atomic E-state index is 0.0660. The number of halogens is 1. The Bertz CT molecular complexity index is 544.